The summed E-state index contributed by atoms with van der Waals surface area (Å²) in [5.74, 6) is -1.72. The van der Waals surface area contributed by atoms with Crippen molar-refractivity contribution in [1.29, 1.82) is 0 Å². The Morgan fingerprint density at radius 2 is 1.90 bits per heavy atom. The van der Waals surface area contributed by atoms with E-state index in [-0.39, 0.29) is 12.3 Å². The van der Waals surface area contributed by atoms with Crippen LogP contribution in [0.2, 0.25) is 0 Å². The first-order valence-corrected chi connectivity index (χ1v) is 6.64. The number of ether oxygens (including phenoxy) is 1. The van der Waals surface area contributed by atoms with Crippen molar-refractivity contribution in [3.63, 3.8) is 0 Å². The molecule has 2 N–H and O–H groups in total. The molecule has 0 bridgehead atoms. The Hall–Kier alpha value is -1.88. The minimum Gasteiger partial charge on any atom is -0.481 e. The quantitative estimate of drug-likeness (QED) is 0.712. The zero-order valence-corrected chi connectivity index (χ0v) is 11.8. The van der Waals surface area contributed by atoms with E-state index in [1.165, 1.54) is 0 Å². The molecular weight excluding hydrogens is 258 g/mol. The predicted molar refractivity (Wildman–Crippen MR) is 75.1 cm³/mol. The van der Waals surface area contributed by atoms with Crippen LogP contribution in [-0.4, -0.2) is 29.6 Å². The van der Waals surface area contributed by atoms with Crippen LogP contribution in [-0.2, 0) is 20.9 Å². The first-order chi connectivity index (χ1) is 9.50. The Morgan fingerprint density at radius 1 is 1.25 bits per heavy atom. The molecule has 5 nitrogen and oxygen atoms in total. The lowest BCUT2D eigenvalue weighted by Crippen LogP contribution is -2.40. The molecule has 2 atom stereocenters. The van der Waals surface area contributed by atoms with Gasteiger partial charge in [0.05, 0.1) is 19.1 Å². The molecule has 0 aliphatic carbocycles. The molecule has 0 saturated carbocycles. The van der Waals surface area contributed by atoms with Gasteiger partial charge in [0.2, 0.25) is 5.91 Å². The summed E-state index contributed by atoms with van der Waals surface area (Å²) in [6, 6.07) is 9.31. The van der Waals surface area contributed by atoms with Gasteiger partial charge in [-0.15, -0.1) is 0 Å². The van der Waals surface area contributed by atoms with Crippen LogP contribution in [0.1, 0.15) is 25.8 Å². The normalized spacial score (nSPS) is 13.5. The molecule has 2 unspecified atom stereocenters. The highest BCUT2D eigenvalue weighted by Gasteiger charge is 2.20. The molecule has 1 rings (SSSR count). The molecule has 5 heteroatoms. The smallest absolute Gasteiger partial charge is 0.308 e. The molecule has 1 aromatic carbocycles. The van der Waals surface area contributed by atoms with Crippen molar-refractivity contribution in [1.82, 2.24) is 5.32 Å². The van der Waals surface area contributed by atoms with Crippen LogP contribution in [0.4, 0.5) is 0 Å². The van der Waals surface area contributed by atoms with E-state index in [9.17, 15) is 9.59 Å². The Morgan fingerprint density at radius 3 is 2.50 bits per heavy atom. The summed E-state index contributed by atoms with van der Waals surface area (Å²) < 4.78 is 5.40. The summed E-state index contributed by atoms with van der Waals surface area (Å²) >= 11 is 0. The van der Waals surface area contributed by atoms with E-state index < -0.39 is 17.9 Å². The molecular formula is C15H21NO4. The van der Waals surface area contributed by atoms with Gasteiger partial charge in [0.15, 0.2) is 0 Å². The topological polar surface area (TPSA) is 75.6 Å². The molecule has 0 radical (unpaired) electrons. The average molecular weight is 279 g/mol. The van der Waals surface area contributed by atoms with Gasteiger partial charge in [-0.1, -0.05) is 30.3 Å². The number of carbonyl (C=O) groups excluding carboxylic acids is 1. The summed E-state index contributed by atoms with van der Waals surface area (Å²) in [4.78, 5) is 22.4. The minimum atomic E-state index is -0.918. The number of aliphatic carboxylic acids is 1. The van der Waals surface area contributed by atoms with E-state index in [1.54, 1.807) is 13.8 Å². The third-order valence-corrected chi connectivity index (χ3v) is 3.11. The second kappa shape index (κ2) is 8.32. The fourth-order valence-corrected chi connectivity index (χ4v) is 1.59. The Balaban J connectivity index is 2.19. The molecule has 0 fully saturated rings. The Kier molecular flexibility index (Phi) is 6.73. The molecule has 0 spiro atoms. The van der Waals surface area contributed by atoms with Crippen LogP contribution >= 0.6 is 0 Å². The summed E-state index contributed by atoms with van der Waals surface area (Å²) in [5, 5.41) is 11.5. The third kappa shape index (κ3) is 5.84. The largest absolute Gasteiger partial charge is 0.481 e. The number of hydrogen-bond donors (Lipinski definition) is 2. The van der Waals surface area contributed by atoms with Gasteiger partial charge in [0.1, 0.15) is 0 Å². The number of carbonyl (C=O) groups is 2. The molecule has 0 aliphatic heterocycles. The monoisotopic (exact) mass is 279 g/mol. The number of nitrogens with one attached hydrogen (secondary N) is 1. The zero-order valence-electron chi connectivity index (χ0n) is 11.8. The maximum atomic E-state index is 11.6. The van der Waals surface area contributed by atoms with Gasteiger partial charge in [0, 0.05) is 12.5 Å². The lowest BCUT2D eigenvalue weighted by Gasteiger charge is -2.17. The van der Waals surface area contributed by atoms with Crippen LogP contribution in [0.5, 0.6) is 0 Å². The highest BCUT2D eigenvalue weighted by molar-refractivity contribution is 5.78. The number of hydrogen-bond acceptors (Lipinski definition) is 3. The fraction of sp³-hybridized carbons (Fsp3) is 0.467. The van der Waals surface area contributed by atoms with Gasteiger partial charge in [-0.2, -0.15) is 0 Å². The number of amides is 1. The summed E-state index contributed by atoms with van der Waals surface area (Å²) in [7, 11) is 0. The molecule has 0 aromatic heterocycles. The van der Waals surface area contributed by atoms with Gasteiger partial charge in [-0.25, -0.2) is 0 Å². The van der Waals surface area contributed by atoms with Crippen molar-refractivity contribution in [2.24, 2.45) is 5.92 Å². The van der Waals surface area contributed by atoms with Crippen LogP contribution in [0.3, 0.4) is 0 Å². The molecule has 0 heterocycles. The minimum absolute atomic E-state index is 0.196. The molecule has 1 amide bonds. The number of carboxylic acid groups (broad SMARTS) is 1. The van der Waals surface area contributed by atoms with Crippen molar-refractivity contribution in [3.05, 3.63) is 35.9 Å². The second-order valence-corrected chi connectivity index (χ2v) is 4.77. The van der Waals surface area contributed by atoms with Gasteiger partial charge in [0.25, 0.3) is 0 Å². The lowest BCUT2D eigenvalue weighted by molar-refractivity contribution is -0.142. The van der Waals surface area contributed by atoms with E-state index in [0.717, 1.165) is 5.56 Å². The summed E-state index contributed by atoms with van der Waals surface area (Å²) in [5.41, 5.74) is 1.06. The van der Waals surface area contributed by atoms with Crippen molar-refractivity contribution >= 4 is 11.9 Å². The van der Waals surface area contributed by atoms with Gasteiger partial charge in [-0.3, -0.25) is 9.59 Å². The van der Waals surface area contributed by atoms with Gasteiger partial charge < -0.3 is 15.2 Å². The fourth-order valence-electron chi connectivity index (χ4n) is 1.59. The maximum Gasteiger partial charge on any atom is 0.308 e. The molecule has 0 aliphatic rings. The SMILES string of the molecule is CC(NC(=O)CCOCc1ccccc1)C(C)C(=O)O. The van der Waals surface area contributed by atoms with Crippen molar-refractivity contribution in [2.75, 3.05) is 6.61 Å². The van der Waals surface area contributed by atoms with Gasteiger partial charge >= 0.3 is 5.97 Å². The third-order valence-electron chi connectivity index (χ3n) is 3.11. The Bertz CT molecular complexity index is 433. The highest BCUT2D eigenvalue weighted by atomic mass is 16.5. The number of benzene rings is 1. The van der Waals surface area contributed by atoms with Crippen LogP contribution < -0.4 is 5.32 Å². The first kappa shape index (κ1) is 16.2. The van der Waals surface area contributed by atoms with E-state index in [1.807, 2.05) is 30.3 Å². The highest BCUT2D eigenvalue weighted by Crippen LogP contribution is 2.03. The first-order valence-electron chi connectivity index (χ1n) is 6.64. The van der Waals surface area contributed by atoms with Crippen molar-refractivity contribution in [3.8, 4) is 0 Å². The number of carboxylic acids is 1. The van der Waals surface area contributed by atoms with Crippen molar-refractivity contribution < 1.29 is 19.4 Å². The molecule has 110 valence electrons. The van der Waals surface area contributed by atoms with Crippen LogP contribution in [0, 0.1) is 5.92 Å². The van der Waals surface area contributed by atoms with Crippen LogP contribution in [0.15, 0.2) is 30.3 Å². The summed E-state index contributed by atoms with van der Waals surface area (Å²) in [6.45, 7) is 4.03. The molecule has 0 saturated heterocycles. The predicted octanol–water partition coefficient (Wildman–Crippen LogP) is 1.82. The molecule has 20 heavy (non-hydrogen) atoms. The second-order valence-electron chi connectivity index (χ2n) is 4.77. The lowest BCUT2D eigenvalue weighted by atomic mass is 10.0. The van der Waals surface area contributed by atoms with Crippen LogP contribution in [0.25, 0.3) is 0 Å². The molecule has 1 aromatic rings. The van der Waals surface area contributed by atoms with Gasteiger partial charge in [-0.05, 0) is 19.4 Å². The van der Waals surface area contributed by atoms with E-state index in [4.69, 9.17) is 9.84 Å². The van der Waals surface area contributed by atoms with E-state index >= 15 is 0 Å². The zero-order chi connectivity index (χ0) is 15.0. The maximum absolute atomic E-state index is 11.6. The van der Waals surface area contributed by atoms with E-state index in [2.05, 4.69) is 5.32 Å². The van der Waals surface area contributed by atoms with Crippen molar-refractivity contribution in [2.45, 2.75) is 32.9 Å². The summed E-state index contributed by atoms with van der Waals surface area (Å²) in [6.07, 6.45) is 0.226. The van der Waals surface area contributed by atoms with E-state index in [0.29, 0.717) is 13.2 Å². The average Bonchev–Trinajstić information content (AvgIpc) is 2.43. The standard InChI is InChI=1S/C15H21NO4/c1-11(15(18)19)12(2)16-14(17)8-9-20-10-13-6-4-3-5-7-13/h3-7,11-12H,8-10H2,1-2H3,(H,16,17)(H,18,19). The Labute approximate surface area is 118 Å². The number of rotatable bonds is 8.